The zero-order valence-electron chi connectivity index (χ0n) is 14.1. The Hall–Kier alpha value is -2.24. The van der Waals surface area contributed by atoms with Crippen LogP contribution in [0.2, 0.25) is 0 Å². The van der Waals surface area contributed by atoms with E-state index in [1.54, 1.807) is 12.4 Å². The van der Waals surface area contributed by atoms with E-state index in [0.29, 0.717) is 0 Å². The summed E-state index contributed by atoms with van der Waals surface area (Å²) in [6.45, 7) is 2.90. The van der Waals surface area contributed by atoms with E-state index >= 15 is 0 Å². The molecular weight excluding hydrogens is 376 g/mol. The number of benzene rings is 1. The summed E-state index contributed by atoms with van der Waals surface area (Å²) >= 11 is 3.57. The van der Waals surface area contributed by atoms with E-state index in [1.807, 2.05) is 42.5 Å². The molecule has 0 aliphatic carbocycles. The van der Waals surface area contributed by atoms with Gasteiger partial charge >= 0.3 is 0 Å². The van der Waals surface area contributed by atoms with Gasteiger partial charge in [0, 0.05) is 35.0 Å². The number of halogens is 1. The zero-order valence-corrected chi connectivity index (χ0v) is 15.6. The molecule has 0 amide bonds. The summed E-state index contributed by atoms with van der Waals surface area (Å²) in [5, 5.41) is 3.40. The molecule has 0 radical (unpaired) electrons. The molecule has 2 heterocycles. The first-order chi connectivity index (χ1) is 12.1. The van der Waals surface area contributed by atoms with Crippen LogP contribution in [0.5, 0.6) is 0 Å². The molecule has 0 aliphatic heterocycles. The topological polar surface area (TPSA) is 63.8 Å². The van der Waals surface area contributed by atoms with E-state index < -0.39 is 0 Å². The predicted molar refractivity (Wildman–Crippen MR) is 106 cm³/mol. The van der Waals surface area contributed by atoms with E-state index in [-0.39, 0.29) is 12.0 Å². The first-order valence-corrected chi connectivity index (χ1v) is 9.06. The Kier molecular flexibility index (Phi) is 5.79. The van der Waals surface area contributed by atoms with Gasteiger partial charge in [-0.25, -0.2) is 4.98 Å². The Morgan fingerprint density at radius 1 is 1.04 bits per heavy atom. The number of rotatable bonds is 6. The number of nitrogens with two attached hydrogens (primary N) is 1. The number of nitrogens with zero attached hydrogens (tertiary/aromatic N) is 2. The monoisotopic (exact) mass is 396 g/mol. The normalized spacial score (nSPS) is 13.2. The van der Waals surface area contributed by atoms with Crippen molar-refractivity contribution < 1.29 is 0 Å². The van der Waals surface area contributed by atoms with Gasteiger partial charge in [-0.3, -0.25) is 4.98 Å². The molecule has 3 aromatic rings. The molecule has 0 saturated carbocycles. The summed E-state index contributed by atoms with van der Waals surface area (Å²) in [6.07, 6.45) is 3.54. The minimum Gasteiger partial charge on any atom is -0.370 e. The number of pyridine rings is 2. The van der Waals surface area contributed by atoms with Gasteiger partial charge in [-0.1, -0.05) is 37.3 Å². The largest absolute Gasteiger partial charge is 0.370 e. The van der Waals surface area contributed by atoms with Gasteiger partial charge in [-0.05, 0) is 51.7 Å². The van der Waals surface area contributed by atoms with Crippen molar-refractivity contribution >= 4 is 21.7 Å². The summed E-state index contributed by atoms with van der Waals surface area (Å²) in [7, 11) is 0. The van der Waals surface area contributed by atoms with Crippen LogP contribution in [0.4, 0.5) is 5.82 Å². The number of nitrogens with one attached hydrogen (secondary N) is 1. The average molecular weight is 397 g/mol. The highest BCUT2D eigenvalue weighted by Gasteiger charge is 2.15. The molecule has 0 aliphatic rings. The lowest BCUT2D eigenvalue weighted by Gasteiger charge is -2.21. The average Bonchev–Trinajstić information content (AvgIpc) is 2.68. The van der Waals surface area contributed by atoms with Gasteiger partial charge in [0.1, 0.15) is 5.82 Å². The fourth-order valence-electron chi connectivity index (χ4n) is 2.65. The number of aromatic nitrogens is 2. The Balaban J connectivity index is 1.69. The molecule has 2 atom stereocenters. The highest BCUT2D eigenvalue weighted by atomic mass is 79.9. The third-order valence-electron chi connectivity index (χ3n) is 4.20. The highest BCUT2D eigenvalue weighted by Crippen LogP contribution is 2.27. The zero-order chi connectivity index (χ0) is 17.6. The van der Waals surface area contributed by atoms with Crippen LogP contribution in [0.15, 0.2) is 71.5 Å². The maximum atomic E-state index is 6.37. The van der Waals surface area contributed by atoms with Crippen molar-refractivity contribution in [3.05, 3.63) is 77.0 Å². The van der Waals surface area contributed by atoms with Crippen molar-refractivity contribution in [2.24, 2.45) is 11.7 Å². The summed E-state index contributed by atoms with van der Waals surface area (Å²) in [6, 6.07) is 18.0. The molecule has 3 N–H and O–H groups in total. The third-order valence-corrected chi connectivity index (χ3v) is 4.84. The van der Waals surface area contributed by atoms with Crippen molar-refractivity contribution in [1.82, 2.24) is 9.97 Å². The lowest BCUT2D eigenvalue weighted by atomic mass is 9.95. The minimum absolute atomic E-state index is 0.0104. The van der Waals surface area contributed by atoms with Gasteiger partial charge in [-0.2, -0.15) is 0 Å². The second-order valence-electron chi connectivity index (χ2n) is 6.06. The summed E-state index contributed by atoms with van der Waals surface area (Å²) in [5.74, 6) is 1.11. The molecule has 0 saturated heterocycles. The van der Waals surface area contributed by atoms with Gasteiger partial charge in [-0.15, -0.1) is 0 Å². The molecule has 4 nitrogen and oxygen atoms in total. The number of anilines is 1. The van der Waals surface area contributed by atoms with Crippen LogP contribution in [-0.4, -0.2) is 16.5 Å². The first kappa shape index (κ1) is 17.6. The van der Waals surface area contributed by atoms with Crippen molar-refractivity contribution in [2.45, 2.75) is 13.0 Å². The molecule has 3 rings (SSSR count). The summed E-state index contributed by atoms with van der Waals surface area (Å²) < 4.78 is 0.957. The van der Waals surface area contributed by atoms with E-state index in [1.165, 1.54) is 0 Å². The lowest BCUT2D eigenvalue weighted by molar-refractivity contribution is 0.493. The number of hydrogen-bond donors (Lipinski definition) is 2. The SMILES string of the molecule is CC(CNc1ccc(Br)c(-c2ccncc2)n1)C(N)c1ccccc1. The van der Waals surface area contributed by atoms with Crippen molar-refractivity contribution in [3.8, 4) is 11.3 Å². The Labute approximate surface area is 156 Å². The maximum Gasteiger partial charge on any atom is 0.126 e. The van der Waals surface area contributed by atoms with Gasteiger partial charge in [0.05, 0.1) is 5.69 Å². The van der Waals surface area contributed by atoms with E-state index in [2.05, 4.69) is 45.3 Å². The van der Waals surface area contributed by atoms with Crippen LogP contribution >= 0.6 is 15.9 Å². The van der Waals surface area contributed by atoms with Gasteiger partial charge < -0.3 is 11.1 Å². The number of hydrogen-bond acceptors (Lipinski definition) is 4. The molecule has 0 bridgehead atoms. The second kappa shape index (κ2) is 8.23. The molecule has 5 heteroatoms. The van der Waals surface area contributed by atoms with Crippen LogP contribution in [0.3, 0.4) is 0 Å². The molecule has 25 heavy (non-hydrogen) atoms. The Morgan fingerprint density at radius 3 is 2.48 bits per heavy atom. The first-order valence-electron chi connectivity index (χ1n) is 8.26. The second-order valence-corrected chi connectivity index (χ2v) is 6.91. The van der Waals surface area contributed by atoms with Crippen LogP contribution in [0.1, 0.15) is 18.5 Å². The highest BCUT2D eigenvalue weighted by molar-refractivity contribution is 9.10. The van der Waals surface area contributed by atoms with Crippen molar-refractivity contribution in [1.29, 1.82) is 0 Å². The van der Waals surface area contributed by atoms with Gasteiger partial charge in [0.2, 0.25) is 0 Å². The van der Waals surface area contributed by atoms with Crippen LogP contribution in [-0.2, 0) is 0 Å². The third kappa shape index (κ3) is 4.44. The summed E-state index contributed by atoms with van der Waals surface area (Å²) in [5.41, 5.74) is 9.45. The molecule has 2 aromatic heterocycles. The fourth-order valence-corrected chi connectivity index (χ4v) is 3.10. The molecule has 2 unspecified atom stereocenters. The Morgan fingerprint density at radius 2 is 1.76 bits per heavy atom. The fraction of sp³-hybridized carbons (Fsp3) is 0.200. The van der Waals surface area contributed by atoms with Gasteiger partial charge in [0.25, 0.3) is 0 Å². The molecule has 128 valence electrons. The van der Waals surface area contributed by atoms with Gasteiger partial charge in [0.15, 0.2) is 0 Å². The summed E-state index contributed by atoms with van der Waals surface area (Å²) in [4.78, 5) is 8.78. The van der Waals surface area contributed by atoms with Crippen molar-refractivity contribution in [2.75, 3.05) is 11.9 Å². The lowest BCUT2D eigenvalue weighted by Crippen LogP contribution is -2.25. The van der Waals surface area contributed by atoms with Crippen LogP contribution < -0.4 is 11.1 Å². The standard InChI is InChI=1S/C20H21BrN4/c1-14(19(22)15-5-3-2-4-6-15)13-24-18-8-7-17(21)20(25-18)16-9-11-23-12-10-16/h2-12,14,19H,13,22H2,1H3,(H,24,25). The molecule has 1 aromatic carbocycles. The maximum absolute atomic E-state index is 6.37. The van der Waals surface area contributed by atoms with Crippen molar-refractivity contribution in [3.63, 3.8) is 0 Å². The smallest absolute Gasteiger partial charge is 0.126 e. The van der Waals surface area contributed by atoms with Crippen LogP contribution in [0, 0.1) is 5.92 Å². The van der Waals surface area contributed by atoms with E-state index in [4.69, 9.17) is 10.7 Å². The van der Waals surface area contributed by atoms with Crippen LogP contribution in [0.25, 0.3) is 11.3 Å². The predicted octanol–water partition coefficient (Wildman–Crippen LogP) is 4.65. The quantitative estimate of drug-likeness (QED) is 0.635. The van der Waals surface area contributed by atoms with E-state index in [0.717, 1.165) is 33.7 Å². The Bertz CT molecular complexity index is 808. The van der Waals surface area contributed by atoms with E-state index in [9.17, 15) is 0 Å². The molecule has 0 spiro atoms. The molecule has 0 fully saturated rings. The molecular formula is C20H21BrN4. The minimum atomic E-state index is -0.0104.